The molecule has 0 amide bonds. The van der Waals surface area contributed by atoms with Crippen molar-refractivity contribution in [2.45, 2.75) is 58.4 Å². The van der Waals surface area contributed by atoms with Crippen molar-refractivity contribution < 1.29 is 23.8 Å². The van der Waals surface area contributed by atoms with Crippen LogP contribution in [0.25, 0.3) is 0 Å². The second-order valence-corrected chi connectivity index (χ2v) is 5.65. The molecule has 0 N–H and O–H groups in total. The molecule has 0 radical (unpaired) electrons. The minimum Gasteiger partial charge on any atom is -0.624 e. The van der Waals surface area contributed by atoms with Crippen LogP contribution in [0, 0.1) is 10.6 Å². The van der Waals surface area contributed by atoms with Crippen molar-refractivity contribution in [3.8, 4) is 0 Å². The van der Waals surface area contributed by atoms with Crippen molar-refractivity contribution >= 4 is 17.7 Å². The Morgan fingerprint density at radius 2 is 2.00 bits per heavy atom. The van der Waals surface area contributed by atoms with Gasteiger partial charge in [0.15, 0.2) is 17.2 Å². The molecule has 0 bridgehead atoms. The van der Waals surface area contributed by atoms with Crippen LogP contribution in [0.3, 0.4) is 0 Å². The number of hydroxylamine groups is 1. The monoisotopic (exact) mass is 297 g/mol. The molecule has 0 aromatic rings. The largest absolute Gasteiger partial charge is 0.624 e. The quantitative estimate of drug-likeness (QED) is 0.439. The van der Waals surface area contributed by atoms with Crippen LogP contribution in [-0.2, 0) is 19.1 Å². The Hall–Kier alpha value is -1.59. The van der Waals surface area contributed by atoms with Gasteiger partial charge < -0.3 is 14.7 Å². The van der Waals surface area contributed by atoms with Gasteiger partial charge in [-0.3, -0.25) is 9.59 Å². The zero-order valence-corrected chi connectivity index (χ0v) is 12.7. The first kappa shape index (κ1) is 15.8. The molecular weight excluding hydrogens is 274 g/mol. The topological polar surface area (TPSA) is 78.7 Å². The number of ether oxygens (including phenoxy) is 2. The molecule has 1 fully saturated rings. The van der Waals surface area contributed by atoms with Crippen LogP contribution in [0.2, 0.25) is 0 Å². The standard InChI is InChI=1S/C15H23NO5/c1-3-20-13(17)9-11-10-15(14(18)21-4-2)8-6-5-7-12(15)16(11)19/h11H,3-10H2,1-2H3. The zero-order chi connectivity index (χ0) is 15.5. The summed E-state index contributed by atoms with van der Waals surface area (Å²) in [6.07, 6.45) is 3.45. The van der Waals surface area contributed by atoms with Crippen LogP contribution in [-0.4, -0.2) is 41.6 Å². The SMILES string of the molecule is CCOC(=O)CC1CC2(C(=O)OCC)CCCCC2=[N+]1[O-]. The molecule has 1 heterocycles. The third kappa shape index (κ3) is 2.89. The summed E-state index contributed by atoms with van der Waals surface area (Å²) in [4.78, 5) is 24.0. The van der Waals surface area contributed by atoms with E-state index in [1.54, 1.807) is 13.8 Å². The predicted octanol–water partition coefficient (Wildman–Crippen LogP) is 1.79. The summed E-state index contributed by atoms with van der Waals surface area (Å²) in [6, 6.07) is -0.512. The van der Waals surface area contributed by atoms with Gasteiger partial charge >= 0.3 is 11.9 Å². The van der Waals surface area contributed by atoms with Gasteiger partial charge in [-0.15, -0.1) is 0 Å². The molecule has 2 atom stereocenters. The van der Waals surface area contributed by atoms with Crippen molar-refractivity contribution in [1.29, 1.82) is 0 Å². The summed E-state index contributed by atoms with van der Waals surface area (Å²) in [5, 5.41) is 12.5. The third-order valence-electron chi connectivity index (χ3n) is 4.38. The van der Waals surface area contributed by atoms with Crippen LogP contribution in [0.5, 0.6) is 0 Å². The van der Waals surface area contributed by atoms with Crippen molar-refractivity contribution in [3.63, 3.8) is 0 Å². The number of nitrogens with zero attached hydrogens (tertiary/aromatic N) is 1. The molecule has 1 aliphatic heterocycles. The van der Waals surface area contributed by atoms with Crippen LogP contribution in [0.1, 0.15) is 52.4 Å². The number of esters is 2. The number of hydrogen-bond donors (Lipinski definition) is 0. The van der Waals surface area contributed by atoms with Gasteiger partial charge in [-0.05, 0) is 26.7 Å². The Labute approximate surface area is 124 Å². The minimum atomic E-state index is -0.812. The first-order valence-electron chi connectivity index (χ1n) is 7.70. The van der Waals surface area contributed by atoms with E-state index in [0.29, 0.717) is 38.2 Å². The highest BCUT2D eigenvalue weighted by atomic mass is 16.5. The second-order valence-electron chi connectivity index (χ2n) is 5.65. The molecule has 0 spiro atoms. The molecule has 2 rings (SSSR count). The van der Waals surface area contributed by atoms with Gasteiger partial charge in [0.25, 0.3) is 0 Å². The average Bonchev–Trinajstić information content (AvgIpc) is 2.74. The summed E-state index contributed by atoms with van der Waals surface area (Å²) in [6.45, 7) is 4.09. The van der Waals surface area contributed by atoms with Crippen molar-refractivity contribution in [2.24, 2.45) is 5.41 Å². The van der Waals surface area contributed by atoms with E-state index < -0.39 is 11.5 Å². The smallest absolute Gasteiger partial charge is 0.322 e. The van der Waals surface area contributed by atoms with Crippen molar-refractivity contribution in [1.82, 2.24) is 0 Å². The highest BCUT2D eigenvalue weighted by molar-refractivity contribution is 6.05. The summed E-state index contributed by atoms with van der Waals surface area (Å²) < 4.78 is 11.0. The lowest BCUT2D eigenvalue weighted by Crippen LogP contribution is -2.41. The van der Waals surface area contributed by atoms with E-state index >= 15 is 0 Å². The van der Waals surface area contributed by atoms with Gasteiger partial charge in [0.2, 0.25) is 0 Å². The van der Waals surface area contributed by atoms with E-state index in [1.807, 2.05) is 0 Å². The molecule has 2 aliphatic rings. The molecule has 2 unspecified atom stereocenters. The number of hydrogen-bond acceptors (Lipinski definition) is 5. The predicted molar refractivity (Wildman–Crippen MR) is 75.8 cm³/mol. The molecule has 0 aromatic heterocycles. The maximum Gasteiger partial charge on any atom is 0.322 e. The fourth-order valence-corrected chi connectivity index (χ4v) is 3.49. The third-order valence-corrected chi connectivity index (χ3v) is 4.38. The van der Waals surface area contributed by atoms with Gasteiger partial charge in [-0.2, -0.15) is 0 Å². The number of fused-ring (bicyclic) bond motifs is 1. The maximum atomic E-state index is 12.5. The Morgan fingerprint density at radius 3 is 2.67 bits per heavy atom. The lowest BCUT2D eigenvalue weighted by atomic mass is 9.71. The molecule has 0 aromatic carbocycles. The second kappa shape index (κ2) is 6.45. The van der Waals surface area contributed by atoms with Crippen LogP contribution >= 0.6 is 0 Å². The van der Waals surface area contributed by atoms with Crippen molar-refractivity contribution in [3.05, 3.63) is 5.21 Å². The summed E-state index contributed by atoms with van der Waals surface area (Å²) >= 11 is 0. The van der Waals surface area contributed by atoms with E-state index in [2.05, 4.69) is 0 Å². The number of carbonyl (C=O) groups excluding carboxylic acids is 2. The van der Waals surface area contributed by atoms with Gasteiger partial charge in [0, 0.05) is 12.8 Å². The Kier molecular flexibility index (Phi) is 4.85. The molecule has 1 aliphatic carbocycles. The molecular formula is C15H23NO5. The zero-order valence-electron chi connectivity index (χ0n) is 12.7. The lowest BCUT2D eigenvalue weighted by molar-refractivity contribution is -0.492. The Morgan fingerprint density at radius 1 is 1.29 bits per heavy atom. The highest BCUT2D eigenvalue weighted by Crippen LogP contribution is 2.44. The highest BCUT2D eigenvalue weighted by Gasteiger charge is 2.58. The Bertz CT molecular complexity index is 459. The van der Waals surface area contributed by atoms with Crippen LogP contribution < -0.4 is 0 Å². The number of carbonyl (C=O) groups is 2. The van der Waals surface area contributed by atoms with E-state index in [-0.39, 0.29) is 18.4 Å². The van der Waals surface area contributed by atoms with Gasteiger partial charge in [-0.1, -0.05) is 6.42 Å². The lowest BCUT2D eigenvalue weighted by Gasteiger charge is -2.28. The molecule has 0 saturated heterocycles. The molecule has 21 heavy (non-hydrogen) atoms. The minimum absolute atomic E-state index is 0.0298. The van der Waals surface area contributed by atoms with E-state index in [1.165, 1.54) is 0 Å². The van der Waals surface area contributed by atoms with Crippen molar-refractivity contribution in [2.75, 3.05) is 13.2 Å². The molecule has 6 heteroatoms. The first-order valence-corrected chi connectivity index (χ1v) is 7.70. The average molecular weight is 297 g/mol. The first-order chi connectivity index (χ1) is 10.0. The van der Waals surface area contributed by atoms with Crippen LogP contribution in [0.4, 0.5) is 0 Å². The Balaban J connectivity index is 2.21. The fraction of sp³-hybridized carbons (Fsp3) is 0.800. The van der Waals surface area contributed by atoms with E-state index in [0.717, 1.165) is 17.6 Å². The molecule has 118 valence electrons. The fourth-order valence-electron chi connectivity index (χ4n) is 3.49. The van der Waals surface area contributed by atoms with E-state index in [9.17, 15) is 14.8 Å². The summed E-state index contributed by atoms with van der Waals surface area (Å²) in [5.41, 5.74) is -0.214. The number of rotatable bonds is 5. The van der Waals surface area contributed by atoms with Gasteiger partial charge in [-0.25, -0.2) is 4.74 Å². The maximum absolute atomic E-state index is 12.5. The summed E-state index contributed by atoms with van der Waals surface area (Å²) in [7, 11) is 0. The molecule has 1 saturated carbocycles. The molecule has 6 nitrogen and oxygen atoms in total. The van der Waals surface area contributed by atoms with Crippen LogP contribution in [0.15, 0.2) is 0 Å². The van der Waals surface area contributed by atoms with Gasteiger partial charge in [0.1, 0.15) is 6.42 Å². The normalized spacial score (nSPS) is 28.2. The van der Waals surface area contributed by atoms with Gasteiger partial charge in [0.05, 0.1) is 13.2 Å². The van der Waals surface area contributed by atoms with E-state index in [4.69, 9.17) is 9.47 Å². The summed E-state index contributed by atoms with van der Waals surface area (Å²) in [5.74, 6) is -0.700.